The summed E-state index contributed by atoms with van der Waals surface area (Å²) >= 11 is 0. The highest BCUT2D eigenvalue weighted by atomic mass is 14.3. The molecule has 0 aromatic heterocycles. The van der Waals surface area contributed by atoms with Crippen molar-refractivity contribution in [2.45, 2.75) is 65.2 Å². The molecule has 0 spiro atoms. The molecule has 0 aliphatic carbocycles. The van der Waals surface area contributed by atoms with Crippen LogP contribution in [0.15, 0.2) is 48.6 Å². The van der Waals surface area contributed by atoms with Gasteiger partial charge < -0.3 is 0 Å². The van der Waals surface area contributed by atoms with Gasteiger partial charge in [-0.3, -0.25) is 0 Å². The van der Waals surface area contributed by atoms with Crippen LogP contribution in [0.5, 0.6) is 0 Å². The first kappa shape index (κ1) is 19.4. The number of rotatable bonds is 12. The fourth-order valence-corrected chi connectivity index (χ4v) is 1.95. The van der Waals surface area contributed by atoms with Gasteiger partial charge in [0.05, 0.1) is 6.07 Å². The fraction of sp³-hybridized carbons (Fsp3) is 0.550. The molecule has 0 aromatic carbocycles. The Hall–Kier alpha value is -1.55. The number of nitrogens with zero attached hydrogens (tertiary/aromatic N) is 1. The summed E-state index contributed by atoms with van der Waals surface area (Å²) in [5, 5.41) is 9.01. The Morgan fingerprint density at radius 2 is 1.43 bits per heavy atom. The predicted molar refractivity (Wildman–Crippen MR) is 93.9 cm³/mol. The van der Waals surface area contributed by atoms with Crippen molar-refractivity contribution in [3.63, 3.8) is 0 Å². The Kier molecular flexibility index (Phi) is 15.3. The molecule has 116 valence electrons. The first-order chi connectivity index (χ1) is 10.3. The van der Waals surface area contributed by atoms with E-state index in [1.165, 1.54) is 32.1 Å². The Morgan fingerprint density at radius 3 is 2.05 bits per heavy atom. The van der Waals surface area contributed by atoms with Crippen LogP contribution in [0.25, 0.3) is 0 Å². The van der Waals surface area contributed by atoms with Crippen LogP contribution < -0.4 is 0 Å². The molecule has 1 unspecified atom stereocenters. The van der Waals surface area contributed by atoms with E-state index >= 15 is 0 Å². The number of allylic oxidation sites excluding steroid dienone is 8. The molecule has 21 heavy (non-hydrogen) atoms. The fourth-order valence-electron chi connectivity index (χ4n) is 1.95. The van der Waals surface area contributed by atoms with Crippen LogP contribution >= 0.6 is 0 Å². The highest BCUT2D eigenvalue weighted by Gasteiger charge is 2.02. The number of nitriles is 1. The highest BCUT2D eigenvalue weighted by molar-refractivity contribution is 5.15. The summed E-state index contributed by atoms with van der Waals surface area (Å²) in [6, 6.07) is 2.38. The largest absolute Gasteiger partial charge is 0.198 e. The van der Waals surface area contributed by atoms with E-state index in [4.69, 9.17) is 5.26 Å². The lowest BCUT2D eigenvalue weighted by Gasteiger charge is -2.03. The number of unbranched alkanes of at least 4 members (excludes halogenated alkanes) is 4. The van der Waals surface area contributed by atoms with Crippen LogP contribution in [0.2, 0.25) is 0 Å². The molecule has 0 aliphatic heterocycles. The molecule has 0 saturated heterocycles. The van der Waals surface area contributed by atoms with Gasteiger partial charge in [-0.1, -0.05) is 88.1 Å². The van der Waals surface area contributed by atoms with Crippen molar-refractivity contribution in [2.24, 2.45) is 5.92 Å². The quantitative estimate of drug-likeness (QED) is 0.296. The van der Waals surface area contributed by atoms with Crippen LogP contribution in [0.3, 0.4) is 0 Å². The summed E-state index contributed by atoms with van der Waals surface area (Å²) in [6.45, 7) is 4.39. The van der Waals surface area contributed by atoms with Crippen molar-refractivity contribution in [3.8, 4) is 6.07 Å². The Balaban J connectivity index is 3.74. The molecule has 0 bridgehead atoms. The summed E-state index contributed by atoms with van der Waals surface area (Å²) in [5.74, 6) is 0.177. The van der Waals surface area contributed by atoms with Gasteiger partial charge in [0.15, 0.2) is 0 Å². The zero-order chi connectivity index (χ0) is 15.6. The van der Waals surface area contributed by atoms with Gasteiger partial charge in [-0.05, 0) is 25.7 Å². The molecule has 0 aromatic rings. The van der Waals surface area contributed by atoms with Gasteiger partial charge in [-0.25, -0.2) is 0 Å². The van der Waals surface area contributed by atoms with Gasteiger partial charge in [-0.15, -0.1) is 0 Å². The minimum absolute atomic E-state index is 0.177. The second kappa shape index (κ2) is 16.5. The van der Waals surface area contributed by atoms with Gasteiger partial charge in [0, 0.05) is 5.92 Å². The maximum absolute atomic E-state index is 9.01. The van der Waals surface area contributed by atoms with E-state index in [1.54, 1.807) is 0 Å². The molecule has 1 heteroatoms. The molecule has 0 rings (SSSR count). The molecule has 0 heterocycles. The van der Waals surface area contributed by atoms with Gasteiger partial charge in [0.25, 0.3) is 0 Å². The average Bonchev–Trinajstić information content (AvgIpc) is 2.51. The van der Waals surface area contributed by atoms with Gasteiger partial charge in [0.1, 0.15) is 0 Å². The zero-order valence-electron chi connectivity index (χ0n) is 13.8. The molecule has 0 N–H and O–H groups in total. The van der Waals surface area contributed by atoms with E-state index in [0.29, 0.717) is 0 Å². The van der Waals surface area contributed by atoms with Gasteiger partial charge >= 0.3 is 0 Å². The molecule has 1 nitrogen and oxygen atoms in total. The lowest BCUT2D eigenvalue weighted by molar-refractivity contribution is 0.571. The minimum Gasteiger partial charge on any atom is -0.198 e. The van der Waals surface area contributed by atoms with Crippen molar-refractivity contribution >= 4 is 0 Å². The topological polar surface area (TPSA) is 23.8 Å². The van der Waals surface area contributed by atoms with Crippen LogP contribution in [-0.2, 0) is 0 Å². The lowest BCUT2D eigenvalue weighted by Crippen LogP contribution is -1.94. The maximum Gasteiger partial charge on any atom is 0.0659 e. The van der Waals surface area contributed by atoms with E-state index < -0.39 is 0 Å². The highest BCUT2D eigenvalue weighted by Crippen LogP contribution is 2.12. The molecule has 0 saturated carbocycles. The summed E-state index contributed by atoms with van der Waals surface area (Å²) < 4.78 is 0. The second-order valence-electron chi connectivity index (χ2n) is 5.33. The lowest BCUT2D eigenvalue weighted by atomic mass is 10.00. The normalized spacial score (nSPS) is 13.8. The van der Waals surface area contributed by atoms with E-state index in [9.17, 15) is 0 Å². The first-order valence-corrected chi connectivity index (χ1v) is 8.39. The summed E-state index contributed by atoms with van der Waals surface area (Å²) in [7, 11) is 0. The standard InChI is InChI=1S/C20H31N/c1-3-5-7-8-9-10-11-12-13-14-15-16-18-20(19-21)17-6-4-2/h9-16,20H,3-8,17-18H2,1-2H3/b10-9+,12-11-,14-13+,16-15+. The van der Waals surface area contributed by atoms with Crippen molar-refractivity contribution in [3.05, 3.63) is 48.6 Å². The molecule has 0 amide bonds. The summed E-state index contributed by atoms with van der Waals surface area (Å²) in [4.78, 5) is 0. The molecule has 0 aliphatic rings. The SMILES string of the molecule is CCCCC/C=C/C=C\C=C\C=C\CC(C#N)CCCC. The van der Waals surface area contributed by atoms with Crippen molar-refractivity contribution in [2.75, 3.05) is 0 Å². The van der Waals surface area contributed by atoms with Crippen LogP contribution in [-0.4, -0.2) is 0 Å². The van der Waals surface area contributed by atoms with Crippen molar-refractivity contribution in [1.29, 1.82) is 5.26 Å². The third-order valence-electron chi connectivity index (χ3n) is 3.31. The molecule has 0 radical (unpaired) electrons. The maximum atomic E-state index is 9.01. The third kappa shape index (κ3) is 14.7. The van der Waals surface area contributed by atoms with Gasteiger partial charge in [-0.2, -0.15) is 5.26 Å². The second-order valence-corrected chi connectivity index (χ2v) is 5.33. The predicted octanol–water partition coefficient (Wildman–Crippen LogP) is 6.51. The third-order valence-corrected chi connectivity index (χ3v) is 3.31. The Bertz CT molecular complexity index is 366. The molecule has 1 atom stereocenters. The van der Waals surface area contributed by atoms with E-state index in [1.807, 2.05) is 24.3 Å². The minimum atomic E-state index is 0.177. The zero-order valence-corrected chi connectivity index (χ0v) is 13.8. The summed E-state index contributed by atoms with van der Waals surface area (Å²) in [5.41, 5.74) is 0. The van der Waals surface area contributed by atoms with E-state index in [2.05, 4.69) is 44.2 Å². The monoisotopic (exact) mass is 285 g/mol. The van der Waals surface area contributed by atoms with Crippen molar-refractivity contribution in [1.82, 2.24) is 0 Å². The number of hydrogen-bond acceptors (Lipinski definition) is 1. The summed E-state index contributed by atoms with van der Waals surface area (Å²) in [6.07, 6.45) is 25.9. The Labute approximate surface area is 131 Å². The molecular formula is C20H31N. The Morgan fingerprint density at radius 1 is 0.810 bits per heavy atom. The van der Waals surface area contributed by atoms with Crippen LogP contribution in [0, 0.1) is 17.2 Å². The van der Waals surface area contributed by atoms with Gasteiger partial charge in [0.2, 0.25) is 0 Å². The number of hydrogen-bond donors (Lipinski definition) is 0. The average molecular weight is 285 g/mol. The first-order valence-electron chi connectivity index (χ1n) is 8.39. The van der Waals surface area contributed by atoms with Crippen LogP contribution in [0.1, 0.15) is 65.2 Å². The molecular weight excluding hydrogens is 254 g/mol. The van der Waals surface area contributed by atoms with Crippen LogP contribution in [0.4, 0.5) is 0 Å². The smallest absolute Gasteiger partial charge is 0.0659 e. The van der Waals surface area contributed by atoms with Crippen molar-refractivity contribution < 1.29 is 0 Å². The molecule has 0 fully saturated rings. The van der Waals surface area contributed by atoms with E-state index in [0.717, 1.165) is 19.3 Å². The van der Waals surface area contributed by atoms with E-state index in [-0.39, 0.29) is 5.92 Å².